The molecule has 0 bridgehead atoms. The molecule has 0 aliphatic carbocycles. The van der Waals surface area contributed by atoms with Crippen LogP contribution in [0, 0.1) is 13.8 Å². The lowest BCUT2D eigenvalue weighted by atomic mass is 10.1. The first kappa shape index (κ1) is 17.0. The summed E-state index contributed by atoms with van der Waals surface area (Å²) >= 11 is 0. The van der Waals surface area contributed by atoms with E-state index in [-0.39, 0.29) is 18.2 Å². The fourth-order valence-electron chi connectivity index (χ4n) is 3.08. The topological polar surface area (TPSA) is 58.6 Å². The van der Waals surface area contributed by atoms with E-state index in [0.717, 1.165) is 16.8 Å². The van der Waals surface area contributed by atoms with Gasteiger partial charge in [-0.2, -0.15) is 0 Å². The second-order valence-corrected chi connectivity index (χ2v) is 6.19. The second-order valence-electron chi connectivity index (χ2n) is 6.19. The highest BCUT2D eigenvalue weighted by molar-refractivity contribution is 6.23. The van der Waals surface area contributed by atoms with Crippen molar-refractivity contribution in [1.82, 2.24) is 0 Å². The molecule has 0 unspecified atom stereocenters. The van der Waals surface area contributed by atoms with Gasteiger partial charge in [0, 0.05) is 5.69 Å². The van der Waals surface area contributed by atoms with Gasteiger partial charge >= 0.3 is 0 Å². The molecule has 25 heavy (non-hydrogen) atoms. The first-order chi connectivity index (χ1) is 12.0. The van der Waals surface area contributed by atoms with Crippen molar-refractivity contribution in [3.8, 4) is 5.75 Å². The summed E-state index contributed by atoms with van der Waals surface area (Å²) in [5.74, 6) is 0.0652. The summed E-state index contributed by atoms with van der Waals surface area (Å²) in [5.41, 5.74) is 3.58. The van der Waals surface area contributed by atoms with Crippen LogP contribution in [-0.2, 0) is 9.59 Å². The Morgan fingerprint density at radius 2 is 1.92 bits per heavy atom. The van der Waals surface area contributed by atoms with Crippen molar-refractivity contribution in [3.63, 3.8) is 0 Å². The molecule has 1 atom stereocenters. The average Bonchev–Trinajstić information content (AvgIpc) is 2.85. The van der Waals surface area contributed by atoms with Crippen LogP contribution in [0.25, 0.3) is 0 Å². The number of hydrogen-bond acceptors (Lipinski definition) is 4. The van der Waals surface area contributed by atoms with E-state index in [2.05, 4.69) is 5.32 Å². The lowest BCUT2D eigenvalue weighted by Gasteiger charge is -2.19. The largest absolute Gasteiger partial charge is 0.492 e. The number of nitrogens with one attached hydrogen (secondary N) is 1. The van der Waals surface area contributed by atoms with Crippen molar-refractivity contribution in [2.24, 2.45) is 0 Å². The maximum absolute atomic E-state index is 12.8. The number of anilines is 2. The Morgan fingerprint density at radius 1 is 1.16 bits per heavy atom. The maximum Gasteiger partial charge on any atom is 0.256 e. The number of carbonyl (C=O) groups is 2. The molecule has 2 amide bonds. The molecule has 2 aromatic rings. The molecule has 1 aliphatic heterocycles. The van der Waals surface area contributed by atoms with Crippen LogP contribution in [-0.4, -0.2) is 24.5 Å². The minimum atomic E-state index is -0.566. The van der Waals surface area contributed by atoms with Gasteiger partial charge < -0.3 is 10.1 Å². The van der Waals surface area contributed by atoms with Crippen molar-refractivity contribution in [2.45, 2.75) is 33.2 Å². The molecule has 3 rings (SSSR count). The average molecular weight is 338 g/mol. The predicted molar refractivity (Wildman–Crippen MR) is 98.0 cm³/mol. The first-order valence-electron chi connectivity index (χ1n) is 8.43. The highest BCUT2D eigenvalue weighted by atomic mass is 16.5. The van der Waals surface area contributed by atoms with Gasteiger partial charge in [0.15, 0.2) is 0 Å². The van der Waals surface area contributed by atoms with Gasteiger partial charge in [0.1, 0.15) is 11.8 Å². The van der Waals surface area contributed by atoms with Gasteiger partial charge in [0.2, 0.25) is 5.91 Å². The van der Waals surface area contributed by atoms with E-state index in [1.54, 1.807) is 18.2 Å². The molecule has 0 radical (unpaired) electrons. The molecule has 0 saturated carbocycles. The lowest BCUT2D eigenvalue weighted by Crippen LogP contribution is -2.35. The van der Waals surface area contributed by atoms with Gasteiger partial charge in [-0.1, -0.05) is 29.8 Å². The van der Waals surface area contributed by atoms with E-state index in [4.69, 9.17) is 4.74 Å². The normalized spacial score (nSPS) is 17.1. The molecule has 5 heteroatoms. The Hall–Kier alpha value is -2.82. The van der Waals surface area contributed by atoms with Gasteiger partial charge in [-0.15, -0.1) is 0 Å². The van der Waals surface area contributed by atoms with Gasteiger partial charge in [-0.3, -0.25) is 9.59 Å². The fourth-order valence-corrected chi connectivity index (χ4v) is 3.08. The highest BCUT2D eigenvalue weighted by Crippen LogP contribution is 2.33. The highest BCUT2D eigenvalue weighted by Gasteiger charge is 2.40. The summed E-state index contributed by atoms with van der Waals surface area (Å²) in [6.45, 7) is 6.35. The number of hydrogen-bond donors (Lipinski definition) is 1. The van der Waals surface area contributed by atoms with E-state index in [1.165, 1.54) is 4.90 Å². The third kappa shape index (κ3) is 3.36. The van der Waals surface area contributed by atoms with Gasteiger partial charge in [0.25, 0.3) is 5.91 Å². The number of ether oxygens (including phenoxy) is 1. The van der Waals surface area contributed by atoms with E-state index >= 15 is 0 Å². The summed E-state index contributed by atoms with van der Waals surface area (Å²) < 4.78 is 5.57. The molecule has 130 valence electrons. The fraction of sp³-hybridized carbons (Fsp3) is 0.300. The zero-order valence-electron chi connectivity index (χ0n) is 14.7. The standard InChI is InChI=1S/C20H22N2O3/c1-4-25-18-8-6-5-7-17(18)22-19(23)12-16(20(22)24)21-15-10-9-13(2)11-14(15)3/h5-11,16,21H,4,12H2,1-3H3/t16-/m0/s1. The smallest absolute Gasteiger partial charge is 0.256 e. The van der Waals surface area contributed by atoms with Gasteiger partial charge in [0.05, 0.1) is 18.7 Å². The van der Waals surface area contributed by atoms with Crippen LogP contribution in [0.3, 0.4) is 0 Å². The monoisotopic (exact) mass is 338 g/mol. The molecule has 1 N–H and O–H groups in total. The summed E-state index contributed by atoms with van der Waals surface area (Å²) in [6.07, 6.45) is 0.132. The van der Waals surface area contributed by atoms with Crippen LogP contribution >= 0.6 is 0 Å². The SMILES string of the molecule is CCOc1ccccc1N1C(=O)C[C@H](Nc2ccc(C)cc2C)C1=O. The van der Waals surface area contributed by atoms with E-state index in [1.807, 2.05) is 45.0 Å². The van der Waals surface area contributed by atoms with Crippen LogP contribution in [0.1, 0.15) is 24.5 Å². The zero-order valence-corrected chi connectivity index (χ0v) is 14.7. The second kappa shape index (κ2) is 6.97. The van der Waals surface area contributed by atoms with Crippen molar-refractivity contribution in [2.75, 3.05) is 16.8 Å². The molecular formula is C20H22N2O3. The van der Waals surface area contributed by atoms with Crippen molar-refractivity contribution in [3.05, 3.63) is 53.6 Å². The molecule has 2 aromatic carbocycles. The number of imide groups is 1. The molecule has 1 heterocycles. The first-order valence-corrected chi connectivity index (χ1v) is 8.43. The van der Waals surface area contributed by atoms with E-state index in [9.17, 15) is 9.59 Å². The van der Waals surface area contributed by atoms with Crippen molar-refractivity contribution >= 4 is 23.2 Å². The Balaban J connectivity index is 1.85. The Kier molecular flexibility index (Phi) is 4.74. The number of carbonyl (C=O) groups excluding carboxylic acids is 2. The number of nitrogens with zero attached hydrogens (tertiary/aromatic N) is 1. The van der Waals surface area contributed by atoms with Crippen molar-refractivity contribution < 1.29 is 14.3 Å². The Morgan fingerprint density at radius 3 is 2.64 bits per heavy atom. The third-order valence-electron chi connectivity index (χ3n) is 4.26. The molecule has 1 saturated heterocycles. The van der Waals surface area contributed by atoms with Crippen molar-refractivity contribution in [1.29, 1.82) is 0 Å². The van der Waals surface area contributed by atoms with Crippen LogP contribution < -0.4 is 15.0 Å². The minimum absolute atomic E-state index is 0.132. The zero-order chi connectivity index (χ0) is 18.0. The summed E-state index contributed by atoms with van der Waals surface area (Å²) in [6, 6.07) is 12.5. The molecule has 5 nitrogen and oxygen atoms in total. The van der Waals surface area contributed by atoms with Gasteiger partial charge in [-0.25, -0.2) is 4.90 Å². The molecule has 1 aliphatic rings. The van der Waals surface area contributed by atoms with Gasteiger partial charge in [-0.05, 0) is 44.5 Å². The van der Waals surface area contributed by atoms with E-state index < -0.39 is 6.04 Å². The van der Waals surface area contributed by atoms with Crippen LogP contribution in [0.2, 0.25) is 0 Å². The van der Waals surface area contributed by atoms with E-state index in [0.29, 0.717) is 18.0 Å². The lowest BCUT2D eigenvalue weighted by molar-refractivity contribution is -0.121. The summed E-state index contributed by atoms with van der Waals surface area (Å²) in [5, 5.41) is 3.21. The molecular weight excluding hydrogens is 316 g/mol. The minimum Gasteiger partial charge on any atom is -0.492 e. The quantitative estimate of drug-likeness (QED) is 0.849. The summed E-state index contributed by atoms with van der Waals surface area (Å²) in [7, 11) is 0. The number of para-hydroxylation sites is 2. The number of aryl methyl sites for hydroxylation is 2. The number of amides is 2. The van der Waals surface area contributed by atoms with Crippen LogP contribution in [0.4, 0.5) is 11.4 Å². The molecule has 0 spiro atoms. The van der Waals surface area contributed by atoms with Crippen LogP contribution in [0.15, 0.2) is 42.5 Å². The summed E-state index contributed by atoms with van der Waals surface area (Å²) in [4.78, 5) is 26.6. The van der Waals surface area contributed by atoms with Crippen LogP contribution in [0.5, 0.6) is 5.75 Å². The Bertz CT molecular complexity index is 816. The maximum atomic E-state index is 12.8. The number of rotatable bonds is 5. The number of benzene rings is 2. The predicted octanol–water partition coefficient (Wildman–Crippen LogP) is 3.45. The molecule has 0 aromatic heterocycles. The Labute approximate surface area is 147 Å². The molecule has 1 fully saturated rings. The third-order valence-corrected chi connectivity index (χ3v) is 4.26.